The molecule has 2 unspecified atom stereocenters. The van der Waals surface area contributed by atoms with Crippen molar-refractivity contribution in [2.75, 3.05) is 20.2 Å². The lowest BCUT2D eigenvalue weighted by Crippen LogP contribution is -2.53. The molecule has 0 bridgehead atoms. The molecule has 0 radical (unpaired) electrons. The summed E-state index contributed by atoms with van der Waals surface area (Å²) in [6.45, 7) is 2.72. The molecule has 4 N–H and O–H groups in total. The molecular weight excluding hydrogens is 342 g/mol. The van der Waals surface area contributed by atoms with E-state index in [-0.39, 0.29) is 30.1 Å². The van der Waals surface area contributed by atoms with Crippen molar-refractivity contribution in [3.63, 3.8) is 0 Å². The monoisotopic (exact) mass is 369 g/mol. The van der Waals surface area contributed by atoms with E-state index < -0.39 is 5.54 Å². The minimum atomic E-state index is -0.436. The maximum absolute atomic E-state index is 12.3. The first-order valence-electron chi connectivity index (χ1n) is 8.43. The average molecular weight is 370 g/mol. The largest absolute Gasteiger partial charge is 0.497 e. The fourth-order valence-electron chi connectivity index (χ4n) is 3.12. The number of nitrogens with one attached hydrogen (secondary N) is 2. The second-order valence-electron chi connectivity index (χ2n) is 6.58. The third-order valence-corrected chi connectivity index (χ3v) is 4.63. The molecule has 2 atom stereocenters. The van der Waals surface area contributed by atoms with Gasteiger partial charge in [0.25, 0.3) is 5.91 Å². The van der Waals surface area contributed by atoms with Gasteiger partial charge in [-0.2, -0.15) is 0 Å². The molecule has 0 saturated heterocycles. The number of carbonyl (C=O) groups excluding carboxylic acids is 2. The van der Waals surface area contributed by atoms with E-state index in [1.807, 2.05) is 6.92 Å². The number of rotatable bonds is 6. The Morgan fingerprint density at radius 3 is 2.44 bits per heavy atom. The van der Waals surface area contributed by atoms with Crippen LogP contribution in [0.5, 0.6) is 5.75 Å². The smallest absolute Gasteiger partial charge is 0.251 e. The Balaban J connectivity index is 0.00000312. The van der Waals surface area contributed by atoms with E-state index >= 15 is 0 Å². The van der Waals surface area contributed by atoms with Crippen LogP contribution in [0.4, 0.5) is 0 Å². The summed E-state index contributed by atoms with van der Waals surface area (Å²) in [5.41, 5.74) is 6.36. The molecule has 2 amide bonds. The lowest BCUT2D eigenvalue weighted by molar-refractivity contribution is -0.128. The number of nitrogens with two attached hydrogens (primary N) is 1. The average Bonchev–Trinajstić information content (AvgIpc) is 2.58. The van der Waals surface area contributed by atoms with Gasteiger partial charge in [0.05, 0.1) is 13.0 Å². The molecule has 1 fully saturated rings. The fourth-order valence-corrected chi connectivity index (χ4v) is 3.12. The van der Waals surface area contributed by atoms with Gasteiger partial charge in [-0.25, -0.2) is 0 Å². The summed E-state index contributed by atoms with van der Waals surface area (Å²) in [5, 5.41) is 5.67. The van der Waals surface area contributed by atoms with Gasteiger partial charge < -0.3 is 21.1 Å². The molecule has 25 heavy (non-hydrogen) atoms. The van der Waals surface area contributed by atoms with Gasteiger partial charge in [0, 0.05) is 24.2 Å². The first-order chi connectivity index (χ1) is 11.4. The second kappa shape index (κ2) is 9.63. The summed E-state index contributed by atoms with van der Waals surface area (Å²) >= 11 is 0. The van der Waals surface area contributed by atoms with Crippen molar-refractivity contribution < 1.29 is 14.3 Å². The van der Waals surface area contributed by atoms with Crippen molar-refractivity contribution in [1.82, 2.24) is 10.6 Å². The number of methoxy groups -OCH3 is 1. The van der Waals surface area contributed by atoms with Crippen molar-refractivity contribution in [3.8, 4) is 5.75 Å². The number of benzene rings is 1. The van der Waals surface area contributed by atoms with Crippen molar-refractivity contribution in [3.05, 3.63) is 29.8 Å². The van der Waals surface area contributed by atoms with Crippen LogP contribution in [-0.2, 0) is 4.79 Å². The van der Waals surface area contributed by atoms with Crippen molar-refractivity contribution >= 4 is 24.2 Å². The lowest BCUT2D eigenvalue weighted by Gasteiger charge is -2.37. The van der Waals surface area contributed by atoms with Crippen molar-refractivity contribution in [2.45, 2.75) is 38.1 Å². The number of ether oxygens (including phenoxy) is 1. The third-order valence-electron chi connectivity index (χ3n) is 4.63. The van der Waals surface area contributed by atoms with Crippen LogP contribution in [0.3, 0.4) is 0 Å². The van der Waals surface area contributed by atoms with E-state index in [1.165, 1.54) is 0 Å². The Kier molecular flexibility index (Phi) is 8.19. The maximum Gasteiger partial charge on any atom is 0.251 e. The van der Waals surface area contributed by atoms with E-state index in [2.05, 4.69) is 10.6 Å². The molecule has 0 aromatic heterocycles. The highest BCUT2D eigenvalue weighted by Crippen LogP contribution is 2.31. The lowest BCUT2D eigenvalue weighted by atomic mass is 9.74. The predicted octanol–water partition coefficient (Wildman–Crippen LogP) is 1.87. The molecule has 2 rings (SSSR count). The Morgan fingerprint density at radius 1 is 1.20 bits per heavy atom. The van der Waals surface area contributed by atoms with Crippen LogP contribution in [-0.4, -0.2) is 37.6 Å². The normalized spacial score (nSPS) is 22.4. The summed E-state index contributed by atoms with van der Waals surface area (Å²) in [4.78, 5) is 24.3. The van der Waals surface area contributed by atoms with E-state index in [1.54, 1.807) is 31.4 Å². The van der Waals surface area contributed by atoms with Crippen LogP contribution >= 0.6 is 12.4 Å². The van der Waals surface area contributed by atoms with Crippen LogP contribution in [0.15, 0.2) is 24.3 Å². The van der Waals surface area contributed by atoms with Gasteiger partial charge >= 0.3 is 0 Å². The standard InChI is InChI=1S/C18H27N3O3.ClH/c1-18(19)10-4-3-5-15(18)17(23)21-12-11-20-16(22)13-6-8-14(24-2)9-7-13;/h6-9,15H,3-5,10-12,19H2,1-2H3,(H,20,22)(H,21,23);1H. The molecule has 7 heteroatoms. The van der Waals surface area contributed by atoms with Crippen LogP contribution in [0.1, 0.15) is 43.0 Å². The van der Waals surface area contributed by atoms with E-state index in [0.717, 1.165) is 25.7 Å². The number of amides is 2. The summed E-state index contributed by atoms with van der Waals surface area (Å²) in [7, 11) is 1.58. The summed E-state index contributed by atoms with van der Waals surface area (Å²) in [5.74, 6) is 0.367. The van der Waals surface area contributed by atoms with Crippen molar-refractivity contribution in [1.29, 1.82) is 0 Å². The zero-order chi connectivity index (χ0) is 17.6. The number of hydrogen-bond acceptors (Lipinski definition) is 4. The van der Waals surface area contributed by atoms with E-state index in [0.29, 0.717) is 24.4 Å². The highest BCUT2D eigenvalue weighted by molar-refractivity contribution is 5.94. The summed E-state index contributed by atoms with van der Waals surface area (Å²) < 4.78 is 5.06. The van der Waals surface area contributed by atoms with E-state index in [9.17, 15) is 9.59 Å². The number of carbonyl (C=O) groups is 2. The number of hydrogen-bond donors (Lipinski definition) is 3. The zero-order valence-electron chi connectivity index (χ0n) is 14.8. The molecular formula is C18H28ClN3O3. The highest BCUT2D eigenvalue weighted by atomic mass is 35.5. The molecule has 1 aromatic rings. The van der Waals surface area contributed by atoms with Crippen LogP contribution in [0, 0.1) is 5.92 Å². The first-order valence-corrected chi connectivity index (χ1v) is 8.43. The minimum Gasteiger partial charge on any atom is -0.497 e. The molecule has 1 aromatic carbocycles. The van der Waals surface area contributed by atoms with Gasteiger partial charge in [-0.3, -0.25) is 9.59 Å². The van der Waals surface area contributed by atoms with Gasteiger partial charge in [-0.05, 0) is 44.0 Å². The zero-order valence-corrected chi connectivity index (χ0v) is 15.7. The molecule has 0 aliphatic heterocycles. The first kappa shape index (κ1) is 21.3. The number of halogens is 1. The molecule has 1 saturated carbocycles. The van der Waals surface area contributed by atoms with Gasteiger partial charge in [0.1, 0.15) is 5.75 Å². The summed E-state index contributed by atoms with van der Waals surface area (Å²) in [6.07, 6.45) is 3.82. The van der Waals surface area contributed by atoms with Gasteiger partial charge in [-0.15, -0.1) is 12.4 Å². The fraction of sp³-hybridized carbons (Fsp3) is 0.556. The Labute approximate surface area is 155 Å². The van der Waals surface area contributed by atoms with Gasteiger partial charge in [0.15, 0.2) is 0 Å². The molecule has 6 nitrogen and oxygen atoms in total. The quantitative estimate of drug-likeness (QED) is 0.667. The highest BCUT2D eigenvalue weighted by Gasteiger charge is 2.37. The molecule has 1 aliphatic carbocycles. The Hall–Kier alpha value is -1.79. The van der Waals surface area contributed by atoms with Crippen LogP contribution < -0.4 is 21.1 Å². The second-order valence-corrected chi connectivity index (χ2v) is 6.58. The Bertz CT molecular complexity index is 575. The molecule has 1 aliphatic rings. The van der Waals surface area contributed by atoms with Gasteiger partial charge in [-0.1, -0.05) is 12.8 Å². The minimum absolute atomic E-state index is 0. The third kappa shape index (κ3) is 5.90. The topological polar surface area (TPSA) is 93.5 Å². The van der Waals surface area contributed by atoms with Gasteiger partial charge in [0.2, 0.25) is 5.91 Å². The predicted molar refractivity (Wildman–Crippen MR) is 100 cm³/mol. The SMILES string of the molecule is COc1ccc(C(=O)NCCNC(=O)C2CCCCC2(C)N)cc1.Cl. The summed E-state index contributed by atoms with van der Waals surface area (Å²) in [6, 6.07) is 6.88. The van der Waals surface area contributed by atoms with E-state index in [4.69, 9.17) is 10.5 Å². The Morgan fingerprint density at radius 2 is 1.84 bits per heavy atom. The molecule has 0 heterocycles. The molecule has 140 valence electrons. The van der Waals surface area contributed by atoms with Crippen LogP contribution in [0.25, 0.3) is 0 Å². The van der Waals surface area contributed by atoms with Crippen LogP contribution in [0.2, 0.25) is 0 Å². The van der Waals surface area contributed by atoms with Crippen molar-refractivity contribution in [2.24, 2.45) is 11.7 Å². The maximum atomic E-state index is 12.3. The molecule has 0 spiro atoms.